The number of carbonyl (C=O) groups excluding carboxylic acids is 1. The van der Waals surface area contributed by atoms with Crippen molar-refractivity contribution in [2.24, 2.45) is 0 Å². The Hall–Kier alpha value is -2.62. The summed E-state index contributed by atoms with van der Waals surface area (Å²) in [6, 6.07) is 18.4. The minimum Gasteiger partial charge on any atom is -0.334 e. The summed E-state index contributed by atoms with van der Waals surface area (Å²) in [5.41, 5.74) is 2.99. The van der Waals surface area contributed by atoms with Crippen molar-refractivity contribution in [1.82, 2.24) is 14.9 Å². The van der Waals surface area contributed by atoms with Gasteiger partial charge in [0.1, 0.15) is 0 Å². The van der Waals surface area contributed by atoms with E-state index in [2.05, 4.69) is 48.1 Å². The van der Waals surface area contributed by atoms with Crippen LogP contribution in [0.3, 0.4) is 0 Å². The van der Waals surface area contributed by atoms with Gasteiger partial charge in [0.25, 0.3) is 5.91 Å². The number of H-pyrrole nitrogens is 1. The summed E-state index contributed by atoms with van der Waals surface area (Å²) in [4.78, 5) is 22.8. The van der Waals surface area contributed by atoms with Crippen LogP contribution in [-0.4, -0.2) is 33.4 Å². The minimum absolute atomic E-state index is 0.00874. The molecule has 0 aliphatic carbocycles. The van der Waals surface area contributed by atoms with Crippen molar-refractivity contribution in [2.45, 2.75) is 38.1 Å². The SMILES string of the molecule is C[C@@H]1N(C(=O)c2nc3ccccc3[nH]2)CCC[C@@]1(C)c1ccccc1. The number of benzene rings is 2. The van der Waals surface area contributed by atoms with E-state index in [1.165, 1.54) is 5.56 Å². The van der Waals surface area contributed by atoms with E-state index < -0.39 is 0 Å². The normalized spacial score (nSPS) is 23.8. The topological polar surface area (TPSA) is 49.0 Å². The van der Waals surface area contributed by atoms with Gasteiger partial charge in [0.2, 0.25) is 0 Å². The fourth-order valence-corrected chi connectivity index (χ4v) is 4.04. The standard InChI is InChI=1S/C21H23N3O/c1-15-21(2,16-9-4-3-5-10-16)13-8-14-24(15)20(25)19-22-17-11-6-7-12-18(17)23-19/h3-7,9-12,15H,8,13-14H2,1-2H3,(H,22,23)/t15-,21+/m0/s1. The van der Waals surface area contributed by atoms with E-state index in [9.17, 15) is 4.79 Å². The molecule has 4 nitrogen and oxygen atoms in total. The zero-order valence-corrected chi connectivity index (χ0v) is 14.7. The molecule has 0 radical (unpaired) electrons. The zero-order chi connectivity index (χ0) is 17.4. The fraction of sp³-hybridized carbons (Fsp3) is 0.333. The highest BCUT2D eigenvalue weighted by molar-refractivity contribution is 5.94. The van der Waals surface area contributed by atoms with Crippen LogP contribution in [0.2, 0.25) is 0 Å². The van der Waals surface area contributed by atoms with E-state index in [0.29, 0.717) is 5.82 Å². The second-order valence-corrected chi connectivity index (χ2v) is 7.16. The molecule has 1 amide bonds. The number of nitrogens with one attached hydrogen (secondary N) is 1. The monoisotopic (exact) mass is 333 g/mol. The molecule has 1 fully saturated rings. The molecule has 4 heteroatoms. The molecule has 1 N–H and O–H groups in total. The largest absolute Gasteiger partial charge is 0.334 e. The molecule has 2 heterocycles. The Morgan fingerprint density at radius 2 is 1.88 bits per heavy atom. The number of fused-ring (bicyclic) bond motifs is 1. The van der Waals surface area contributed by atoms with Gasteiger partial charge in [-0.1, -0.05) is 49.4 Å². The molecular formula is C21H23N3O. The lowest BCUT2D eigenvalue weighted by Gasteiger charge is -2.47. The van der Waals surface area contributed by atoms with Gasteiger partial charge in [-0.2, -0.15) is 0 Å². The van der Waals surface area contributed by atoms with Crippen LogP contribution < -0.4 is 0 Å². The molecule has 1 aliphatic heterocycles. The molecule has 1 saturated heterocycles. The van der Waals surface area contributed by atoms with Gasteiger partial charge in [-0.05, 0) is 37.5 Å². The first-order valence-corrected chi connectivity index (χ1v) is 8.91. The highest BCUT2D eigenvalue weighted by atomic mass is 16.2. The van der Waals surface area contributed by atoms with Gasteiger partial charge in [-0.25, -0.2) is 4.98 Å². The predicted molar refractivity (Wildman–Crippen MR) is 99.6 cm³/mol. The number of rotatable bonds is 2. The molecule has 0 unspecified atom stereocenters. The second-order valence-electron chi connectivity index (χ2n) is 7.16. The summed E-state index contributed by atoms with van der Waals surface area (Å²) in [6.07, 6.45) is 2.09. The van der Waals surface area contributed by atoms with Gasteiger partial charge >= 0.3 is 0 Å². The minimum atomic E-state index is -0.0405. The smallest absolute Gasteiger partial charge is 0.289 e. The summed E-state index contributed by atoms with van der Waals surface area (Å²) in [7, 11) is 0. The van der Waals surface area contributed by atoms with E-state index >= 15 is 0 Å². The van der Waals surface area contributed by atoms with Crippen LogP contribution in [-0.2, 0) is 5.41 Å². The van der Waals surface area contributed by atoms with Crippen molar-refractivity contribution < 1.29 is 4.79 Å². The Morgan fingerprint density at radius 3 is 2.64 bits per heavy atom. The fourth-order valence-electron chi connectivity index (χ4n) is 4.04. The maximum absolute atomic E-state index is 13.1. The third kappa shape index (κ3) is 2.62. The third-order valence-electron chi connectivity index (χ3n) is 5.77. The molecule has 2 atom stereocenters. The van der Waals surface area contributed by atoms with Crippen LogP contribution >= 0.6 is 0 Å². The van der Waals surface area contributed by atoms with Crippen LogP contribution in [0.5, 0.6) is 0 Å². The van der Waals surface area contributed by atoms with Crippen LogP contribution in [0.4, 0.5) is 0 Å². The van der Waals surface area contributed by atoms with Crippen molar-refractivity contribution in [3.8, 4) is 0 Å². The van der Waals surface area contributed by atoms with Gasteiger partial charge in [0.05, 0.1) is 11.0 Å². The summed E-state index contributed by atoms with van der Waals surface area (Å²) in [5.74, 6) is 0.427. The van der Waals surface area contributed by atoms with Gasteiger partial charge < -0.3 is 9.88 Å². The first kappa shape index (κ1) is 15.9. The second kappa shape index (κ2) is 6.03. The number of hydrogen-bond acceptors (Lipinski definition) is 2. The highest BCUT2D eigenvalue weighted by Gasteiger charge is 2.42. The van der Waals surface area contributed by atoms with Crippen molar-refractivity contribution in [3.05, 3.63) is 66.0 Å². The zero-order valence-electron chi connectivity index (χ0n) is 14.7. The van der Waals surface area contributed by atoms with Crippen molar-refractivity contribution in [3.63, 3.8) is 0 Å². The molecule has 4 rings (SSSR count). The average molecular weight is 333 g/mol. The summed E-state index contributed by atoms with van der Waals surface area (Å²) >= 11 is 0. The summed E-state index contributed by atoms with van der Waals surface area (Å²) in [6.45, 7) is 5.21. The van der Waals surface area contributed by atoms with E-state index in [4.69, 9.17) is 0 Å². The molecule has 128 valence electrons. The van der Waals surface area contributed by atoms with E-state index in [1.807, 2.05) is 35.2 Å². The number of imidazole rings is 1. The van der Waals surface area contributed by atoms with E-state index in [0.717, 1.165) is 30.4 Å². The molecule has 1 aromatic heterocycles. The Kier molecular flexibility index (Phi) is 3.83. The lowest BCUT2D eigenvalue weighted by Crippen LogP contribution is -2.54. The lowest BCUT2D eigenvalue weighted by molar-refractivity contribution is 0.0472. The molecule has 0 saturated carbocycles. The Bertz CT molecular complexity index is 869. The number of nitrogens with zero attached hydrogens (tertiary/aromatic N) is 2. The summed E-state index contributed by atoms with van der Waals surface area (Å²) < 4.78 is 0. The molecule has 25 heavy (non-hydrogen) atoms. The van der Waals surface area contributed by atoms with Crippen molar-refractivity contribution in [1.29, 1.82) is 0 Å². The Labute approximate surface area is 147 Å². The molecule has 1 aliphatic rings. The number of likely N-dealkylation sites (tertiary alicyclic amines) is 1. The lowest BCUT2D eigenvalue weighted by atomic mass is 9.70. The number of hydrogen-bond donors (Lipinski definition) is 1. The van der Waals surface area contributed by atoms with Gasteiger partial charge in [0.15, 0.2) is 5.82 Å². The molecular weight excluding hydrogens is 310 g/mol. The van der Waals surface area contributed by atoms with Gasteiger partial charge in [-0.3, -0.25) is 4.79 Å². The number of carbonyl (C=O) groups is 1. The third-order valence-corrected chi connectivity index (χ3v) is 5.77. The number of para-hydroxylation sites is 2. The number of amides is 1. The molecule has 3 aromatic rings. The van der Waals surface area contributed by atoms with Crippen LogP contribution in [0.1, 0.15) is 42.9 Å². The summed E-state index contributed by atoms with van der Waals surface area (Å²) in [5, 5.41) is 0. The van der Waals surface area contributed by atoms with Crippen LogP contribution in [0, 0.1) is 0 Å². The maximum atomic E-state index is 13.1. The highest BCUT2D eigenvalue weighted by Crippen LogP contribution is 2.39. The van der Waals surface area contributed by atoms with Gasteiger partial charge in [-0.15, -0.1) is 0 Å². The van der Waals surface area contributed by atoms with Gasteiger partial charge in [0, 0.05) is 18.0 Å². The number of aromatic nitrogens is 2. The van der Waals surface area contributed by atoms with E-state index in [1.54, 1.807) is 0 Å². The van der Waals surface area contributed by atoms with Crippen LogP contribution in [0.15, 0.2) is 54.6 Å². The number of aromatic amines is 1. The molecule has 2 aromatic carbocycles. The molecule has 0 spiro atoms. The predicted octanol–water partition coefficient (Wildman–Crippen LogP) is 4.15. The van der Waals surface area contributed by atoms with Crippen molar-refractivity contribution in [2.75, 3.05) is 6.54 Å². The van der Waals surface area contributed by atoms with E-state index in [-0.39, 0.29) is 17.4 Å². The average Bonchev–Trinajstić information content (AvgIpc) is 3.08. The first-order chi connectivity index (χ1) is 12.1. The van der Waals surface area contributed by atoms with Crippen molar-refractivity contribution >= 4 is 16.9 Å². The Morgan fingerprint density at radius 1 is 1.16 bits per heavy atom. The van der Waals surface area contributed by atoms with Crippen LogP contribution in [0.25, 0.3) is 11.0 Å². The number of piperidine rings is 1. The Balaban J connectivity index is 1.66. The quantitative estimate of drug-likeness (QED) is 0.766. The molecule has 0 bridgehead atoms. The first-order valence-electron chi connectivity index (χ1n) is 8.91. The maximum Gasteiger partial charge on any atom is 0.289 e.